The van der Waals surface area contributed by atoms with Crippen molar-refractivity contribution in [3.63, 3.8) is 0 Å². The van der Waals surface area contributed by atoms with Crippen molar-refractivity contribution in [2.24, 2.45) is 0 Å². The predicted molar refractivity (Wildman–Crippen MR) is 58.0 cm³/mol. The third-order valence-corrected chi connectivity index (χ3v) is 1.66. The highest BCUT2D eigenvalue weighted by Crippen LogP contribution is 2.02. The zero-order valence-corrected chi connectivity index (χ0v) is 9.45. The minimum atomic E-state index is -0.281. The Morgan fingerprint density at radius 3 is 2.36 bits per heavy atom. The number of unbranched alkanes of at least 4 members (excludes halogenated alkanes) is 2. The molecule has 0 heterocycles. The fraction of sp³-hybridized carbons (Fsp3) is 0.727. The maximum Gasteiger partial charge on any atom is 0.302 e. The maximum absolute atomic E-state index is 9.59. The number of aliphatic hydroxyl groups excluding tert-OH is 1. The van der Waals surface area contributed by atoms with Crippen molar-refractivity contribution in [1.29, 1.82) is 0 Å². The Labute approximate surface area is 86.8 Å². The van der Waals surface area contributed by atoms with E-state index in [9.17, 15) is 4.79 Å². The van der Waals surface area contributed by atoms with Gasteiger partial charge >= 0.3 is 5.97 Å². The molecule has 0 aliphatic rings. The van der Waals surface area contributed by atoms with Crippen molar-refractivity contribution in [3.05, 3.63) is 12.7 Å². The molecule has 0 aliphatic heterocycles. The molecule has 0 spiro atoms. The molecule has 1 unspecified atom stereocenters. The van der Waals surface area contributed by atoms with E-state index < -0.39 is 0 Å². The first-order valence-electron chi connectivity index (χ1n) is 4.93. The van der Waals surface area contributed by atoms with E-state index in [1.54, 1.807) is 6.08 Å². The summed E-state index contributed by atoms with van der Waals surface area (Å²) in [7, 11) is 1.35. The monoisotopic (exact) mass is 202 g/mol. The van der Waals surface area contributed by atoms with Gasteiger partial charge in [-0.3, -0.25) is 4.79 Å². The molecular formula is C11H22O3. The summed E-state index contributed by atoms with van der Waals surface area (Å²) >= 11 is 0. The van der Waals surface area contributed by atoms with E-state index in [0.29, 0.717) is 0 Å². The summed E-state index contributed by atoms with van der Waals surface area (Å²) < 4.78 is 4.11. The molecule has 0 radical (unpaired) electrons. The zero-order chi connectivity index (χ0) is 11.4. The molecule has 14 heavy (non-hydrogen) atoms. The van der Waals surface area contributed by atoms with Crippen LogP contribution >= 0.6 is 0 Å². The second-order valence-corrected chi connectivity index (χ2v) is 2.99. The molecule has 0 aromatic carbocycles. The first-order valence-corrected chi connectivity index (χ1v) is 4.93. The summed E-state index contributed by atoms with van der Waals surface area (Å²) in [6.45, 7) is 7.00. The van der Waals surface area contributed by atoms with Gasteiger partial charge < -0.3 is 9.84 Å². The van der Waals surface area contributed by atoms with Crippen LogP contribution in [0.4, 0.5) is 0 Å². The fourth-order valence-electron chi connectivity index (χ4n) is 0.721. The average Bonchev–Trinajstić information content (AvgIpc) is 2.19. The summed E-state index contributed by atoms with van der Waals surface area (Å²) in [5.74, 6) is -0.245. The highest BCUT2D eigenvalue weighted by atomic mass is 16.5. The van der Waals surface area contributed by atoms with E-state index in [2.05, 4.69) is 18.2 Å². The molecule has 0 amide bonds. The van der Waals surface area contributed by atoms with Gasteiger partial charge in [0.15, 0.2) is 0 Å². The largest absolute Gasteiger partial charge is 0.469 e. The zero-order valence-electron chi connectivity index (χ0n) is 9.45. The third kappa shape index (κ3) is 17.3. The number of aliphatic hydroxyl groups is 1. The van der Waals surface area contributed by atoms with Crippen LogP contribution in [-0.4, -0.2) is 24.3 Å². The normalized spacial score (nSPS) is 10.9. The van der Waals surface area contributed by atoms with E-state index in [4.69, 9.17) is 5.11 Å². The van der Waals surface area contributed by atoms with Gasteiger partial charge in [0, 0.05) is 6.92 Å². The quantitative estimate of drug-likeness (QED) is 0.422. The SMILES string of the molecule is C=CC(O)CCCCC.COC(C)=O. The maximum atomic E-state index is 9.59. The molecule has 0 aromatic heterocycles. The number of carbonyl (C=O) groups excluding carboxylic acids is 1. The molecule has 0 aliphatic carbocycles. The van der Waals surface area contributed by atoms with Gasteiger partial charge in [0.2, 0.25) is 0 Å². The van der Waals surface area contributed by atoms with Gasteiger partial charge in [0.05, 0.1) is 13.2 Å². The lowest BCUT2D eigenvalue weighted by Crippen LogP contribution is -1.99. The van der Waals surface area contributed by atoms with Gasteiger partial charge in [-0.05, 0) is 6.42 Å². The van der Waals surface area contributed by atoms with Crippen molar-refractivity contribution < 1.29 is 14.6 Å². The number of esters is 1. The highest BCUT2D eigenvalue weighted by molar-refractivity contribution is 5.65. The van der Waals surface area contributed by atoms with Crippen LogP contribution in [0.1, 0.15) is 39.5 Å². The molecular weight excluding hydrogens is 180 g/mol. The number of carbonyl (C=O) groups is 1. The molecule has 3 nitrogen and oxygen atoms in total. The summed E-state index contributed by atoms with van der Waals surface area (Å²) in [5.41, 5.74) is 0. The van der Waals surface area contributed by atoms with Gasteiger partial charge in [0.25, 0.3) is 0 Å². The molecule has 1 N–H and O–H groups in total. The van der Waals surface area contributed by atoms with E-state index in [1.807, 2.05) is 0 Å². The fourth-order valence-corrected chi connectivity index (χ4v) is 0.721. The average molecular weight is 202 g/mol. The molecule has 0 saturated heterocycles. The summed E-state index contributed by atoms with van der Waals surface area (Å²) in [6.07, 6.45) is 5.72. The van der Waals surface area contributed by atoms with Crippen LogP contribution in [0.25, 0.3) is 0 Å². The van der Waals surface area contributed by atoms with Gasteiger partial charge in [-0.25, -0.2) is 0 Å². The molecule has 0 saturated carbocycles. The standard InChI is InChI=1S/C8H16O.C3H6O2/c1-3-5-6-7-8(9)4-2;1-3(4)5-2/h4,8-9H,2-3,5-7H2,1H3;1-2H3. The summed E-state index contributed by atoms with van der Waals surface area (Å²) in [5, 5.41) is 8.97. The van der Waals surface area contributed by atoms with Crippen LogP contribution in [0.5, 0.6) is 0 Å². The predicted octanol–water partition coefficient (Wildman–Crippen LogP) is 2.29. The van der Waals surface area contributed by atoms with Gasteiger partial charge in [-0.15, -0.1) is 6.58 Å². The summed E-state index contributed by atoms with van der Waals surface area (Å²) in [4.78, 5) is 9.59. The Bertz CT molecular complexity index is 143. The van der Waals surface area contributed by atoms with Gasteiger partial charge in [-0.2, -0.15) is 0 Å². The minimum Gasteiger partial charge on any atom is -0.469 e. The first-order chi connectivity index (χ1) is 6.58. The number of ether oxygens (including phenoxy) is 1. The van der Waals surface area contributed by atoms with E-state index in [-0.39, 0.29) is 12.1 Å². The topological polar surface area (TPSA) is 46.5 Å². The molecule has 0 aromatic rings. The number of hydrogen-bond acceptors (Lipinski definition) is 3. The minimum absolute atomic E-state index is 0.245. The van der Waals surface area contributed by atoms with Crippen LogP contribution in [-0.2, 0) is 9.53 Å². The molecule has 0 rings (SSSR count). The lowest BCUT2D eigenvalue weighted by Gasteiger charge is -2.01. The van der Waals surface area contributed by atoms with Crippen LogP contribution in [0, 0.1) is 0 Å². The van der Waals surface area contributed by atoms with Gasteiger partial charge in [-0.1, -0.05) is 32.3 Å². The number of methoxy groups -OCH3 is 1. The third-order valence-electron chi connectivity index (χ3n) is 1.66. The van der Waals surface area contributed by atoms with E-state index in [0.717, 1.165) is 12.8 Å². The Hall–Kier alpha value is -0.830. The number of rotatable bonds is 5. The van der Waals surface area contributed by atoms with Crippen LogP contribution < -0.4 is 0 Å². The van der Waals surface area contributed by atoms with Crippen LogP contribution in [0.2, 0.25) is 0 Å². The van der Waals surface area contributed by atoms with E-state index >= 15 is 0 Å². The first kappa shape index (κ1) is 15.6. The Morgan fingerprint density at radius 1 is 1.57 bits per heavy atom. The Balaban J connectivity index is 0. The van der Waals surface area contributed by atoms with Crippen LogP contribution in [0.3, 0.4) is 0 Å². The van der Waals surface area contributed by atoms with E-state index in [1.165, 1.54) is 26.9 Å². The smallest absolute Gasteiger partial charge is 0.302 e. The molecule has 0 bridgehead atoms. The molecule has 1 atom stereocenters. The van der Waals surface area contributed by atoms with Gasteiger partial charge in [0.1, 0.15) is 0 Å². The van der Waals surface area contributed by atoms with Crippen LogP contribution in [0.15, 0.2) is 12.7 Å². The molecule has 3 heteroatoms. The molecule has 84 valence electrons. The second-order valence-electron chi connectivity index (χ2n) is 2.99. The van der Waals surface area contributed by atoms with Crippen molar-refractivity contribution in [2.75, 3.05) is 7.11 Å². The highest BCUT2D eigenvalue weighted by Gasteiger charge is 1.94. The van der Waals surface area contributed by atoms with Crippen molar-refractivity contribution >= 4 is 5.97 Å². The molecule has 0 fully saturated rings. The Kier molecular flexibility index (Phi) is 13.6. The second kappa shape index (κ2) is 12.2. The summed E-state index contributed by atoms with van der Waals surface area (Å²) in [6, 6.07) is 0. The Morgan fingerprint density at radius 2 is 2.07 bits per heavy atom. The number of hydrogen-bond donors (Lipinski definition) is 1. The lowest BCUT2D eigenvalue weighted by molar-refractivity contribution is -0.137. The van der Waals surface area contributed by atoms with Crippen molar-refractivity contribution in [2.45, 2.75) is 45.6 Å². The van der Waals surface area contributed by atoms with Crippen molar-refractivity contribution in [1.82, 2.24) is 0 Å². The van der Waals surface area contributed by atoms with Crippen molar-refractivity contribution in [3.8, 4) is 0 Å². The lowest BCUT2D eigenvalue weighted by atomic mass is 10.1.